The van der Waals surface area contributed by atoms with Crippen LogP contribution in [-0.2, 0) is 16.4 Å². The smallest absolute Gasteiger partial charge is 0.150 e. The van der Waals surface area contributed by atoms with E-state index in [1.165, 1.54) is 23.3 Å². The average molecular weight is 313 g/mol. The van der Waals surface area contributed by atoms with E-state index in [2.05, 4.69) is 29.6 Å². The molecule has 1 aromatic carbocycles. The van der Waals surface area contributed by atoms with Gasteiger partial charge in [-0.1, -0.05) is 19.1 Å². The van der Waals surface area contributed by atoms with E-state index in [1.54, 1.807) is 18.7 Å². The van der Waals surface area contributed by atoms with Crippen LogP contribution in [0, 0.1) is 0 Å². The molecule has 0 bridgehead atoms. The molecular weight excluding hydrogens is 290 g/mol. The molecule has 20 heavy (non-hydrogen) atoms. The highest BCUT2D eigenvalue weighted by atomic mass is 32.2. The summed E-state index contributed by atoms with van der Waals surface area (Å²) >= 11 is 1.73. The van der Waals surface area contributed by atoms with Crippen molar-refractivity contribution in [2.24, 2.45) is 0 Å². The summed E-state index contributed by atoms with van der Waals surface area (Å²) in [5.74, 6) is 1.42. The van der Waals surface area contributed by atoms with E-state index in [0.29, 0.717) is 5.75 Å². The minimum absolute atomic E-state index is 0.250. The molecule has 1 N–H and O–H groups in total. The van der Waals surface area contributed by atoms with Gasteiger partial charge in [-0.25, -0.2) is 8.42 Å². The second kappa shape index (κ2) is 7.48. The first-order valence-electron chi connectivity index (χ1n) is 7.24. The van der Waals surface area contributed by atoms with Crippen LogP contribution in [0.25, 0.3) is 0 Å². The zero-order valence-corrected chi connectivity index (χ0v) is 13.6. The number of sulfone groups is 1. The van der Waals surface area contributed by atoms with E-state index in [-0.39, 0.29) is 5.75 Å². The van der Waals surface area contributed by atoms with Gasteiger partial charge in [0.1, 0.15) is 9.84 Å². The Bertz CT molecular complexity index is 507. The monoisotopic (exact) mass is 313 g/mol. The summed E-state index contributed by atoms with van der Waals surface area (Å²) in [6, 6.07) is 9.30. The number of nitrogens with one attached hydrogen (secondary N) is 1. The molecule has 5 heteroatoms. The molecule has 0 aromatic heterocycles. The Morgan fingerprint density at radius 2 is 1.95 bits per heavy atom. The summed E-state index contributed by atoms with van der Waals surface area (Å²) < 4.78 is 22.7. The number of hydrogen-bond acceptors (Lipinski definition) is 4. The number of thioether (sulfide) groups is 1. The third kappa shape index (κ3) is 5.85. The molecule has 112 valence electrons. The molecular formula is C15H23NO2S2. The third-order valence-electron chi connectivity index (χ3n) is 3.40. The molecule has 0 amide bonds. The summed E-state index contributed by atoms with van der Waals surface area (Å²) in [5.41, 5.74) is 1.31. The van der Waals surface area contributed by atoms with Gasteiger partial charge in [0, 0.05) is 23.2 Å². The van der Waals surface area contributed by atoms with Crippen LogP contribution in [0.3, 0.4) is 0 Å². The lowest BCUT2D eigenvalue weighted by atomic mass is 10.2. The molecule has 1 aliphatic rings. The lowest BCUT2D eigenvalue weighted by molar-refractivity contribution is 0.596. The molecule has 0 atom stereocenters. The van der Waals surface area contributed by atoms with Crippen molar-refractivity contribution < 1.29 is 8.42 Å². The summed E-state index contributed by atoms with van der Waals surface area (Å²) in [6.07, 6.45) is 3.36. The lowest BCUT2D eigenvalue weighted by Gasteiger charge is -2.05. The standard InChI is InChI=1S/C15H23NO2S2/c1-2-20(17,18)11-3-10-19-15-8-4-13(5-9-15)12-16-14-6-7-14/h4-5,8-9,14,16H,2-3,6-7,10-12H2,1H3. The summed E-state index contributed by atoms with van der Waals surface area (Å²) in [6.45, 7) is 2.65. The van der Waals surface area contributed by atoms with E-state index in [9.17, 15) is 8.42 Å². The van der Waals surface area contributed by atoms with Crippen LogP contribution in [0.15, 0.2) is 29.2 Å². The Balaban J connectivity index is 1.67. The Labute approximate surface area is 126 Å². The van der Waals surface area contributed by atoms with Crippen molar-refractivity contribution in [2.45, 2.75) is 43.7 Å². The molecule has 0 radical (unpaired) electrons. The van der Waals surface area contributed by atoms with E-state index < -0.39 is 9.84 Å². The van der Waals surface area contributed by atoms with Crippen molar-refractivity contribution >= 4 is 21.6 Å². The molecule has 1 fully saturated rings. The summed E-state index contributed by atoms with van der Waals surface area (Å²) in [4.78, 5) is 1.22. The van der Waals surface area contributed by atoms with Crippen LogP contribution in [0.1, 0.15) is 31.7 Å². The molecule has 3 nitrogen and oxygen atoms in total. The number of hydrogen-bond donors (Lipinski definition) is 1. The first kappa shape index (κ1) is 15.9. The molecule has 1 aromatic rings. The first-order valence-corrected chi connectivity index (χ1v) is 10.1. The van der Waals surface area contributed by atoms with Gasteiger partial charge in [0.25, 0.3) is 0 Å². The highest BCUT2D eigenvalue weighted by molar-refractivity contribution is 7.99. The van der Waals surface area contributed by atoms with Crippen LogP contribution >= 0.6 is 11.8 Å². The fraction of sp³-hybridized carbons (Fsp3) is 0.600. The van der Waals surface area contributed by atoms with E-state index >= 15 is 0 Å². The second-order valence-electron chi connectivity index (χ2n) is 5.24. The largest absolute Gasteiger partial charge is 0.310 e. The van der Waals surface area contributed by atoms with Crippen molar-refractivity contribution in [1.29, 1.82) is 0 Å². The highest BCUT2D eigenvalue weighted by Gasteiger charge is 2.19. The summed E-state index contributed by atoms with van der Waals surface area (Å²) in [5, 5.41) is 3.49. The van der Waals surface area contributed by atoms with E-state index in [1.807, 2.05) is 0 Å². The third-order valence-corrected chi connectivity index (χ3v) is 6.29. The maximum Gasteiger partial charge on any atom is 0.150 e. The fourth-order valence-electron chi connectivity index (χ4n) is 1.87. The zero-order valence-electron chi connectivity index (χ0n) is 12.0. The zero-order chi connectivity index (χ0) is 14.4. The first-order chi connectivity index (χ1) is 9.59. The fourth-order valence-corrected chi connectivity index (χ4v) is 3.77. The van der Waals surface area contributed by atoms with Crippen molar-refractivity contribution in [3.8, 4) is 0 Å². The second-order valence-corrected chi connectivity index (χ2v) is 8.88. The van der Waals surface area contributed by atoms with Crippen LogP contribution in [-0.4, -0.2) is 31.7 Å². The van der Waals surface area contributed by atoms with Gasteiger partial charge in [0.15, 0.2) is 0 Å². The van der Waals surface area contributed by atoms with Crippen molar-refractivity contribution in [3.05, 3.63) is 29.8 Å². The van der Waals surface area contributed by atoms with Crippen LogP contribution in [0.4, 0.5) is 0 Å². The van der Waals surface area contributed by atoms with Crippen LogP contribution < -0.4 is 5.32 Å². The minimum atomic E-state index is -2.81. The van der Waals surface area contributed by atoms with Gasteiger partial charge < -0.3 is 5.32 Å². The van der Waals surface area contributed by atoms with Crippen LogP contribution in [0.2, 0.25) is 0 Å². The normalized spacial score (nSPS) is 15.4. The van der Waals surface area contributed by atoms with Gasteiger partial charge >= 0.3 is 0 Å². The molecule has 0 spiro atoms. The molecule has 0 saturated heterocycles. The van der Waals surface area contributed by atoms with Crippen molar-refractivity contribution in [1.82, 2.24) is 5.32 Å². The Kier molecular flexibility index (Phi) is 5.93. The SMILES string of the molecule is CCS(=O)(=O)CCCSc1ccc(CNC2CC2)cc1. The number of rotatable bonds is 9. The predicted molar refractivity (Wildman–Crippen MR) is 86.0 cm³/mol. The molecule has 2 rings (SSSR count). The van der Waals surface area contributed by atoms with Gasteiger partial charge in [0.2, 0.25) is 0 Å². The Morgan fingerprint density at radius 1 is 1.25 bits per heavy atom. The van der Waals surface area contributed by atoms with Crippen molar-refractivity contribution in [3.63, 3.8) is 0 Å². The molecule has 1 aliphatic carbocycles. The molecule has 1 saturated carbocycles. The highest BCUT2D eigenvalue weighted by Crippen LogP contribution is 2.21. The lowest BCUT2D eigenvalue weighted by Crippen LogP contribution is -2.14. The molecule has 0 heterocycles. The Hall–Kier alpha value is -0.520. The minimum Gasteiger partial charge on any atom is -0.310 e. The van der Waals surface area contributed by atoms with Gasteiger partial charge in [-0.3, -0.25) is 0 Å². The van der Waals surface area contributed by atoms with Crippen molar-refractivity contribution in [2.75, 3.05) is 17.3 Å². The maximum absolute atomic E-state index is 11.4. The van der Waals surface area contributed by atoms with Gasteiger partial charge in [-0.15, -0.1) is 11.8 Å². The topological polar surface area (TPSA) is 46.2 Å². The van der Waals surface area contributed by atoms with Gasteiger partial charge in [-0.2, -0.15) is 0 Å². The molecule has 0 unspecified atom stereocenters. The molecule has 0 aliphatic heterocycles. The van der Waals surface area contributed by atoms with E-state index in [4.69, 9.17) is 0 Å². The van der Waals surface area contributed by atoms with Gasteiger partial charge in [-0.05, 0) is 42.7 Å². The van der Waals surface area contributed by atoms with Crippen LogP contribution in [0.5, 0.6) is 0 Å². The van der Waals surface area contributed by atoms with Gasteiger partial charge in [0.05, 0.1) is 5.75 Å². The summed E-state index contributed by atoms with van der Waals surface area (Å²) in [7, 11) is -2.81. The quantitative estimate of drug-likeness (QED) is 0.562. The number of benzene rings is 1. The van der Waals surface area contributed by atoms with E-state index in [0.717, 1.165) is 24.8 Å². The Morgan fingerprint density at radius 3 is 2.55 bits per heavy atom. The average Bonchev–Trinajstić information content (AvgIpc) is 3.27. The maximum atomic E-state index is 11.4. The predicted octanol–water partition coefficient (Wildman–Crippen LogP) is 2.86.